The van der Waals surface area contributed by atoms with E-state index in [0.29, 0.717) is 29.3 Å². The van der Waals surface area contributed by atoms with Crippen molar-refractivity contribution in [2.75, 3.05) is 20.2 Å². The molecule has 2 aliphatic rings. The highest BCUT2D eigenvalue weighted by Gasteiger charge is 2.41. The highest BCUT2D eigenvalue weighted by molar-refractivity contribution is 6.00. The minimum atomic E-state index is -4.49. The second-order valence-electron chi connectivity index (χ2n) is 8.25. The van der Waals surface area contributed by atoms with Crippen LogP contribution in [-0.2, 0) is 17.5 Å². The number of halogens is 3. The van der Waals surface area contributed by atoms with E-state index in [1.165, 1.54) is 13.0 Å². The molecule has 2 unspecified atom stereocenters. The van der Waals surface area contributed by atoms with E-state index in [-0.39, 0.29) is 35.8 Å². The van der Waals surface area contributed by atoms with E-state index in [0.717, 1.165) is 16.7 Å². The lowest BCUT2D eigenvalue weighted by Gasteiger charge is -2.39. The molecule has 2 aromatic rings. The van der Waals surface area contributed by atoms with E-state index in [1.807, 2.05) is 31.0 Å². The number of likely N-dealkylation sites (N-methyl/N-ethyl adjacent to an activating group) is 1. The van der Waals surface area contributed by atoms with Gasteiger partial charge in [-0.25, -0.2) is 0 Å². The van der Waals surface area contributed by atoms with E-state index in [2.05, 4.69) is 5.32 Å². The number of nitrogens with one attached hydrogen (secondary N) is 1. The molecule has 1 amide bonds. The maximum atomic E-state index is 13.7. The Morgan fingerprint density at radius 2 is 2.10 bits per heavy atom. The molecule has 162 valence electrons. The Balaban J connectivity index is 1.82. The van der Waals surface area contributed by atoms with Crippen molar-refractivity contribution < 1.29 is 23.1 Å². The molecule has 2 N–H and O–H groups in total. The molecule has 0 bridgehead atoms. The Labute approximate surface area is 173 Å². The molecule has 0 saturated carbocycles. The average Bonchev–Trinajstić information content (AvgIpc) is 2.99. The number of fused-ring (bicyclic) bond motifs is 2. The summed E-state index contributed by atoms with van der Waals surface area (Å²) in [6.07, 6.45) is -1.48. The fraction of sp³-hybridized carbons (Fsp3) is 0.500. The standard InChI is InChI=1S/C22H26F3N3O2/c1-4-14(11-29)26-21(30)13-8-17-15-6-5-7-18-20(15)16(9-19(17)27(3)10-13)12(2)28(18)22(23,24)25/h5-8,13-14,19,29H,4,9-11H2,1-3H3,(H,26,30)/t13?,14?,19-/m1/s1. The zero-order valence-corrected chi connectivity index (χ0v) is 17.3. The van der Waals surface area contributed by atoms with Crippen LogP contribution in [0.5, 0.6) is 0 Å². The number of alkyl halides is 3. The number of carbonyl (C=O) groups is 1. The van der Waals surface area contributed by atoms with Gasteiger partial charge < -0.3 is 10.4 Å². The van der Waals surface area contributed by atoms with E-state index >= 15 is 0 Å². The van der Waals surface area contributed by atoms with Crippen molar-refractivity contribution in [2.45, 2.75) is 45.1 Å². The number of nitrogens with zero attached hydrogens (tertiary/aromatic N) is 2. The molecule has 0 spiro atoms. The maximum absolute atomic E-state index is 13.7. The number of aromatic nitrogens is 1. The van der Waals surface area contributed by atoms with Crippen LogP contribution < -0.4 is 5.32 Å². The molecule has 8 heteroatoms. The van der Waals surface area contributed by atoms with Crippen LogP contribution in [0.3, 0.4) is 0 Å². The Morgan fingerprint density at radius 3 is 2.73 bits per heavy atom. The highest BCUT2D eigenvalue weighted by atomic mass is 19.4. The predicted octanol–water partition coefficient (Wildman–Crippen LogP) is 3.18. The van der Waals surface area contributed by atoms with Crippen LogP contribution in [-0.4, -0.2) is 52.8 Å². The van der Waals surface area contributed by atoms with Gasteiger partial charge in [-0.1, -0.05) is 25.1 Å². The first-order chi connectivity index (χ1) is 14.2. The quantitative estimate of drug-likeness (QED) is 0.797. The molecule has 1 aromatic heterocycles. The van der Waals surface area contributed by atoms with Gasteiger partial charge in [-0.3, -0.25) is 14.3 Å². The molecule has 0 fully saturated rings. The summed E-state index contributed by atoms with van der Waals surface area (Å²) in [7, 11) is 1.91. The van der Waals surface area contributed by atoms with E-state index in [9.17, 15) is 23.1 Å². The molecule has 3 atom stereocenters. The summed E-state index contributed by atoms with van der Waals surface area (Å²) in [6, 6.07) is 4.63. The van der Waals surface area contributed by atoms with Gasteiger partial charge in [-0.05, 0) is 49.6 Å². The molecular weight excluding hydrogens is 395 g/mol. The lowest BCUT2D eigenvalue weighted by molar-refractivity contribution is -0.201. The molecule has 30 heavy (non-hydrogen) atoms. The molecule has 0 saturated heterocycles. The number of aliphatic hydroxyl groups excluding tert-OH is 1. The topological polar surface area (TPSA) is 57.5 Å². The van der Waals surface area contributed by atoms with Gasteiger partial charge in [0.05, 0.1) is 24.1 Å². The number of benzene rings is 1. The van der Waals surface area contributed by atoms with Gasteiger partial charge >= 0.3 is 6.30 Å². The Hall–Kier alpha value is -2.32. The van der Waals surface area contributed by atoms with Crippen LogP contribution in [0, 0.1) is 12.8 Å². The molecule has 1 aliphatic carbocycles. The zero-order chi connectivity index (χ0) is 21.8. The summed E-state index contributed by atoms with van der Waals surface area (Å²) in [5, 5.41) is 12.9. The number of rotatable bonds is 4. The summed E-state index contributed by atoms with van der Waals surface area (Å²) < 4.78 is 41.7. The van der Waals surface area contributed by atoms with Gasteiger partial charge in [0, 0.05) is 23.7 Å². The van der Waals surface area contributed by atoms with Gasteiger partial charge in [-0.15, -0.1) is 13.2 Å². The third-order valence-corrected chi connectivity index (χ3v) is 6.47. The van der Waals surface area contributed by atoms with Gasteiger partial charge in [0.1, 0.15) is 0 Å². The van der Waals surface area contributed by atoms with Crippen LogP contribution in [0.25, 0.3) is 16.5 Å². The van der Waals surface area contributed by atoms with E-state index in [1.54, 1.807) is 6.07 Å². The first-order valence-electron chi connectivity index (χ1n) is 10.2. The molecule has 0 radical (unpaired) electrons. The van der Waals surface area contributed by atoms with Crippen LogP contribution in [0.2, 0.25) is 0 Å². The zero-order valence-electron chi connectivity index (χ0n) is 17.3. The Kier molecular flexibility index (Phi) is 5.18. The lowest BCUT2D eigenvalue weighted by Crippen LogP contribution is -2.48. The summed E-state index contributed by atoms with van der Waals surface area (Å²) in [5.41, 5.74) is 2.78. The SMILES string of the molecule is CCC(CO)NC(=O)C1C=C2c3cccc4c3c(c(C)n4C(F)(F)F)C[C@H]2N(C)C1. The van der Waals surface area contributed by atoms with E-state index < -0.39 is 12.2 Å². The minimum Gasteiger partial charge on any atom is -0.394 e. The van der Waals surface area contributed by atoms with Gasteiger partial charge in [0.15, 0.2) is 0 Å². The normalized spacial score (nSPS) is 22.6. The second kappa shape index (κ2) is 7.42. The predicted molar refractivity (Wildman–Crippen MR) is 109 cm³/mol. The first-order valence-corrected chi connectivity index (χ1v) is 10.2. The molecule has 1 aromatic carbocycles. The average molecular weight is 421 g/mol. The smallest absolute Gasteiger partial charge is 0.394 e. The summed E-state index contributed by atoms with van der Waals surface area (Å²) in [5.74, 6) is -0.597. The molecule has 2 heterocycles. The van der Waals surface area contributed by atoms with Crippen molar-refractivity contribution >= 4 is 22.4 Å². The van der Waals surface area contributed by atoms with Gasteiger partial charge in [0.25, 0.3) is 0 Å². The molecule has 1 aliphatic heterocycles. The Bertz CT molecular complexity index is 1020. The van der Waals surface area contributed by atoms with Crippen LogP contribution in [0.4, 0.5) is 13.2 Å². The van der Waals surface area contributed by atoms with Crippen molar-refractivity contribution in [3.8, 4) is 0 Å². The fourth-order valence-corrected chi connectivity index (χ4v) is 4.88. The number of amides is 1. The highest BCUT2D eigenvalue weighted by Crippen LogP contribution is 2.45. The first kappa shape index (κ1) is 20.9. The Morgan fingerprint density at radius 1 is 1.37 bits per heavy atom. The maximum Gasteiger partial charge on any atom is 0.489 e. The number of aliphatic hydroxyl groups is 1. The summed E-state index contributed by atoms with van der Waals surface area (Å²) >= 11 is 0. The second-order valence-corrected chi connectivity index (χ2v) is 8.25. The van der Waals surface area contributed by atoms with Gasteiger partial charge in [-0.2, -0.15) is 0 Å². The molecular formula is C22H26F3N3O2. The van der Waals surface area contributed by atoms with Crippen LogP contribution in [0.15, 0.2) is 24.3 Å². The largest absolute Gasteiger partial charge is 0.489 e. The van der Waals surface area contributed by atoms with Crippen molar-refractivity contribution in [1.29, 1.82) is 0 Å². The molecule has 5 nitrogen and oxygen atoms in total. The van der Waals surface area contributed by atoms with Crippen molar-refractivity contribution in [2.24, 2.45) is 5.92 Å². The molecule has 4 rings (SSSR count). The monoisotopic (exact) mass is 421 g/mol. The fourth-order valence-electron chi connectivity index (χ4n) is 4.88. The summed E-state index contributed by atoms with van der Waals surface area (Å²) in [6.45, 7) is 3.77. The number of hydrogen-bond acceptors (Lipinski definition) is 3. The van der Waals surface area contributed by atoms with Crippen molar-refractivity contribution in [3.05, 3.63) is 41.1 Å². The van der Waals surface area contributed by atoms with Gasteiger partial charge in [0.2, 0.25) is 5.91 Å². The lowest BCUT2D eigenvalue weighted by atomic mass is 9.79. The minimum absolute atomic E-state index is 0.0743. The van der Waals surface area contributed by atoms with Crippen LogP contribution in [0.1, 0.15) is 30.2 Å². The summed E-state index contributed by atoms with van der Waals surface area (Å²) in [4.78, 5) is 14.8. The number of carbonyl (C=O) groups excluding carboxylic acids is 1. The third kappa shape index (κ3) is 3.22. The van der Waals surface area contributed by atoms with E-state index in [4.69, 9.17) is 0 Å². The van der Waals surface area contributed by atoms with Crippen molar-refractivity contribution in [3.63, 3.8) is 0 Å². The van der Waals surface area contributed by atoms with Crippen molar-refractivity contribution in [1.82, 2.24) is 14.8 Å². The van der Waals surface area contributed by atoms with Crippen LogP contribution >= 0.6 is 0 Å². The number of hydrogen-bond donors (Lipinski definition) is 2. The third-order valence-electron chi connectivity index (χ3n) is 6.47.